The summed E-state index contributed by atoms with van der Waals surface area (Å²) in [5.74, 6) is 0.123. The number of urea groups is 1. The number of aromatic nitrogens is 3. The zero-order chi connectivity index (χ0) is 15.4. The van der Waals surface area contributed by atoms with Crippen LogP contribution in [0.3, 0.4) is 0 Å². The Morgan fingerprint density at radius 1 is 1.18 bits per heavy atom. The molecule has 0 unspecified atom stereocenters. The molecule has 2 aromatic heterocycles. The second kappa shape index (κ2) is 6.08. The van der Waals surface area contributed by atoms with Crippen LogP contribution in [0, 0.1) is 0 Å². The number of amides is 3. The summed E-state index contributed by atoms with van der Waals surface area (Å²) >= 11 is 0. The molecule has 0 bridgehead atoms. The van der Waals surface area contributed by atoms with E-state index in [9.17, 15) is 9.59 Å². The van der Waals surface area contributed by atoms with E-state index < -0.39 is 11.9 Å². The maximum atomic E-state index is 11.8. The third kappa shape index (κ3) is 3.11. The van der Waals surface area contributed by atoms with Gasteiger partial charge < -0.3 is 9.73 Å². The summed E-state index contributed by atoms with van der Waals surface area (Å²) in [7, 11) is 0. The Morgan fingerprint density at radius 3 is 2.86 bits per heavy atom. The second-order valence-electron chi connectivity index (χ2n) is 4.55. The fourth-order valence-corrected chi connectivity index (χ4v) is 1.96. The standard InChI is InChI=1S/C14H13N5O3/c20-13(16-14(21)15-8-10-4-3-7-22-10)9-19-12-6-2-1-5-11(12)17-18-19/h1-7H,8-9H2,(H2,15,16,20,21). The zero-order valence-corrected chi connectivity index (χ0v) is 11.5. The van der Waals surface area contributed by atoms with Gasteiger partial charge in [-0.25, -0.2) is 9.48 Å². The minimum Gasteiger partial charge on any atom is -0.467 e. The first-order chi connectivity index (χ1) is 10.7. The van der Waals surface area contributed by atoms with Gasteiger partial charge in [-0.3, -0.25) is 10.1 Å². The highest BCUT2D eigenvalue weighted by Crippen LogP contribution is 2.09. The highest BCUT2D eigenvalue weighted by molar-refractivity contribution is 5.94. The molecular formula is C14H13N5O3. The average molecular weight is 299 g/mol. The Hall–Kier alpha value is -3.16. The number of imide groups is 1. The number of furan rings is 1. The second-order valence-corrected chi connectivity index (χ2v) is 4.55. The molecule has 3 aromatic rings. The van der Waals surface area contributed by atoms with Crippen LogP contribution in [0.2, 0.25) is 0 Å². The molecule has 3 amide bonds. The average Bonchev–Trinajstić information content (AvgIpc) is 3.15. The minimum atomic E-state index is -0.592. The van der Waals surface area contributed by atoms with Crippen molar-refractivity contribution >= 4 is 23.0 Å². The molecule has 0 saturated carbocycles. The van der Waals surface area contributed by atoms with Gasteiger partial charge in [-0.2, -0.15) is 0 Å². The van der Waals surface area contributed by atoms with E-state index in [0.29, 0.717) is 11.3 Å². The van der Waals surface area contributed by atoms with E-state index in [1.165, 1.54) is 10.9 Å². The van der Waals surface area contributed by atoms with Gasteiger partial charge in [0.25, 0.3) is 0 Å². The number of carbonyl (C=O) groups excluding carboxylic acids is 2. The van der Waals surface area contributed by atoms with Crippen LogP contribution in [0.15, 0.2) is 47.1 Å². The monoisotopic (exact) mass is 299 g/mol. The SMILES string of the molecule is O=C(Cn1nnc2ccccc21)NC(=O)NCc1ccco1. The molecule has 2 N–H and O–H groups in total. The van der Waals surface area contributed by atoms with Crippen molar-refractivity contribution in [2.45, 2.75) is 13.1 Å². The van der Waals surface area contributed by atoms with E-state index in [4.69, 9.17) is 4.42 Å². The molecule has 3 rings (SSSR count). The number of nitrogens with one attached hydrogen (secondary N) is 2. The molecule has 0 saturated heterocycles. The smallest absolute Gasteiger partial charge is 0.321 e. The maximum absolute atomic E-state index is 11.8. The van der Waals surface area contributed by atoms with Crippen LogP contribution >= 0.6 is 0 Å². The summed E-state index contributed by atoms with van der Waals surface area (Å²) in [6, 6.07) is 10.1. The van der Waals surface area contributed by atoms with Gasteiger partial charge in [0.05, 0.1) is 18.3 Å². The van der Waals surface area contributed by atoms with Gasteiger partial charge in [-0.05, 0) is 24.3 Å². The van der Waals surface area contributed by atoms with Gasteiger partial charge in [-0.1, -0.05) is 17.3 Å². The molecule has 0 aliphatic carbocycles. The predicted molar refractivity (Wildman–Crippen MR) is 76.6 cm³/mol. The van der Waals surface area contributed by atoms with E-state index in [1.807, 2.05) is 12.1 Å². The number of carbonyl (C=O) groups is 2. The summed E-state index contributed by atoms with van der Waals surface area (Å²) in [6.45, 7) is 0.118. The Morgan fingerprint density at radius 2 is 2.05 bits per heavy atom. The molecule has 0 aliphatic rings. The molecule has 112 valence electrons. The molecule has 8 nitrogen and oxygen atoms in total. The summed E-state index contributed by atoms with van der Waals surface area (Å²) in [5.41, 5.74) is 1.42. The molecule has 0 aliphatic heterocycles. The third-order valence-corrected chi connectivity index (χ3v) is 2.97. The minimum absolute atomic E-state index is 0.0886. The Kier molecular flexibility index (Phi) is 3.82. The van der Waals surface area contributed by atoms with Crippen molar-refractivity contribution in [1.29, 1.82) is 0 Å². The van der Waals surface area contributed by atoms with E-state index in [2.05, 4.69) is 20.9 Å². The fourth-order valence-electron chi connectivity index (χ4n) is 1.96. The molecule has 0 atom stereocenters. The van der Waals surface area contributed by atoms with Gasteiger partial charge in [-0.15, -0.1) is 5.10 Å². The molecular weight excluding hydrogens is 286 g/mol. The van der Waals surface area contributed by atoms with Crippen molar-refractivity contribution in [1.82, 2.24) is 25.6 Å². The number of fused-ring (bicyclic) bond motifs is 1. The first-order valence-electron chi connectivity index (χ1n) is 6.60. The molecule has 2 heterocycles. The summed E-state index contributed by atoms with van der Waals surface area (Å²) < 4.78 is 6.51. The lowest BCUT2D eigenvalue weighted by Crippen LogP contribution is -2.40. The zero-order valence-electron chi connectivity index (χ0n) is 11.5. The number of nitrogens with zero attached hydrogens (tertiary/aromatic N) is 3. The van der Waals surface area contributed by atoms with E-state index in [1.54, 1.807) is 24.3 Å². The largest absolute Gasteiger partial charge is 0.467 e. The van der Waals surface area contributed by atoms with Crippen molar-refractivity contribution < 1.29 is 14.0 Å². The molecule has 8 heteroatoms. The summed E-state index contributed by atoms with van der Waals surface area (Å²) in [6.07, 6.45) is 1.51. The lowest BCUT2D eigenvalue weighted by atomic mass is 10.3. The highest BCUT2D eigenvalue weighted by Gasteiger charge is 2.11. The van der Waals surface area contributed by atoms with Gasteiger partial charge >= 0.3 is 6.03 Å². The van der Waals surface area contributed by atoms with E-state index in [0.717, 1.165) is 5.52 Å². The number of benzene rings is 1. The number of rotatable bonds is 4. The molecule has 1 aromatic carbocycles. The maximum Gasteiger partial charge on any atom is 0.321 e. The number of hydrogen-bond acceptors (Lipinski definition) is 5. The quantitative estimate of drug-likeness (QED) is 0.749. The summed E-state index contributed by atoms with van der Waals surface area (Å²) in [4.78, 5) is 23.5. The fraction of sp³-hybridized carbons (Fsp3) is 0.143. The van der Waals surface area contributed by atoms with Crippen LogP contribution in [0.25, 0.3) is 11.0 Å². The van der Waals surface area contributed by atoms with Crippen molar-refractivity contribution in [3.8, 4) is 0 Å². The van der Waals surface area contributed by atoms with Gasteiger partial charge in [0.2, 0.25) is 5.91 Å². The van der Waals surface area contributed by atoms with Gasteiger partial charge in [0.1, 0.15) is 17.8 Å². The van der Waals surface area contributed by atoms with Crippen LogP contribution in [0.4, 0.5) is 4.79 Å². The van der Waals surface area contributed by atoms with Crippen LogP contribution in [0.1, 0.15) is 5.76 Å². The van der Waals surface area contributed by atoms with Crippen LogP contribution in [0.5, 0.6) is 0 Å². The third-order valence-electron chi connectivity index (χ3n) is 2.97. The lowest BCUT2D eigenvalue weighted by molar-refractivity contribution is -0.120. The van der Waals surface area contributed by atoms with Crippen LogP contribution in [-0.2, 0) is 17.9 Å². The molecule has 0 fully saturated rings. The normalized spacial score (nSPS) is 10.5. The Labute approximate surface area is 125 Å². The number of para-hydroxylation sites is 1. The van der Waals surface area contributed by atoms with Crippen molar-refractivity contribution in [2.75, 3.05) is 0 Å². The van der Waals surface area contributed by atoms with Crippen LogP contribution < -0.4 is 10.6 Å². The first-order valence-corrected chi connectivity index (χ1v) is 6.60. The topological polar surface area (TPSA) is 102 Å². The summed E-state index contributed by atoms with van der Waals surface area (Å²) in [5, 5.41) is 12.6. The molecule has 0 radical (unpaired) electrons. The van der Waals surface area contributed by atoms with E-state index >= 15 is 0 Å². The van der Waals surface area contributed by atoms with Gasteiger partial charge in [0, 0.05) is 0 Å². The van der Waals surface area contributed by atoms with E-state index in [-0.39, 0.29) is 13.1 Å². The van der Waals surface area contributed by atoms with Crippen molar-refractivity contribution in [3.05, 3.63) is 48.4 Å². The molecule has 22 heavy (non-hydrogen) atoms. The predicted octanol–water partition coefficient (Wildman–Crippen LogP) is 1.05. The number of hydrogen-bond donors (Lipinski definition) is 2. The lowest BCUT2D eigenvalue weighted by Gasteiger charge is -2.05. The van der Waals surface area contributed by atoms with Crippen LogP contribution in [-0.4, -0.2) is 26.9 Å². The Bertz CT molecular complexity index is 794. The van der Waals surface area contributed by atoms with Crippen molar-refractivity contribution in [3.63, 3.8) is 0 Å². The first kappa shape index (κ1) is 13.8. The van der Waals surface area contributed by atoms with Gasteiger partial charge in [0.15, 0.2) is 0 Å². The highest BCUT2D eigenvalue weighted by atomic mass is 16.3. The van der Waals surface area contributed by atoms with Crippen molar-refractivity contribution in [2.24, 2.45) is 0 Å². The molecule has 0 spiro atoms. The Balaban J connectivity index is 1.54.